The van der Waals surface area contributed by atoms with Gasteiger partial charge in [0.15, 0.2) is 0 Å². The molecule has 0 saturated carbocycles. The van der Waals surface area contributed by atoms with Crippen molar-refractivity contribution in [3.8, 4) is 0 Å². The van der Waals surface area contributed by atoms with Crippen molar-refractivity contribution in [1.82, 2.24) is 4.90 Å². The van der Waals surface area contributed by atoms with Gasteiger partial charge in [-0.15, -0.1) is 0 Å². The molecule has 0 aromatic heterocycles. The van der Waals surface area contributed by atoms with E-state index in [0.29, 0.717) is 5.56 Å². The normalized spacial score (nSPS) is 16.3. The molecule has 0 radical (unpaired) electrons. The lowest BCUT2D eigenvalue weighted by atomic mass is 9.92. The number of esters is 1. The SMILES string of the molecule is Cc1cc(C)c(C(=O)OC(c2ccccc2)C(c2ccccc2)N2CCCCC2)c(C)c1. The van der Waals surface area contributed by atoms with E-state index in [1.807, 2.05) is 38.1 Å². The number of benzene rings is 3. The Morgan fingerprint density at radius 3 is 1.88 bits per heavy atom. The maximum Gasteiger partial charge on any atom is 0.339 e. The summed E-state index contributed by atoms with van der Waals surface area (Å²) in [5.41, 5.74) is 5.99. The summed E-state index contributed by atoms with van der Waals surface area (Å²) in [4.78, 5) is 16.1. The fourth-order valence-corrected chi connectivity index (χ4v) is 5.06. The lowest BCUT2D eigenvalue weighted by Gasteiger charge is -2.39. The average Bonchev–Trinajstić information content (AvgIpc) is 2.80. The van der Waals surface area contributed by atoms with Crippen LogP contribution in [-0.4, -0.2) is 24.0 Å². The number of hydrogen-bond donors (Lipinski definition) is 0. The van der Waals surface area contributed by atoms with Crippen LogP contribution in [0.15, 0.2) is 72.8 Å². The number of aryl methyl sites for hydroxylation is 3. The van der Waals surface area contributed by atoms with E-state index < -0.39 is 0 Å². The first-order valence-corrected chi connectivity index (χ1v) is 11.7. The highest BCUT2D eigenvalue weighted by Gasteiger charge is 2.34. The maximum absolute atomic E-state index is 13.6. The fraction of sp³-hybridized carbons (Fsp3) is 0.345. The van der Waals surface area contributed by atoms with Crippen LogP contribution in [0.2, 0.25) is 0 Å². The average molecular weight is 428 g/mol. The zero-order valence-corrected chi connectivity index (χ0v) is 19.4. The van der Waals surface area contributed by atoms with Crippen molar-refractivity contribution >= 4 is 5.97 Å². The molecule has 0 bridgehead atoms. The topological polar surface area (TPSA) is 29.5 Å². The van der Waals surface area contributed by atoms with Gasteiger partial charge in [-0.1, -0.05) is 84.8 Å². The predicted octanol–water partition coefficient (Wildman–Crippen LogP) is 6.74. The number of carbonyl (C=O) groups is 1. The Labute approximate surface area is 192 Å². The van der Waals surface area contributed by atoms with Crippen LogP contribution in [0.5, 0.6) is 0 Å². The molecule has 4 rings (SSSR count). The van der Waals surface area contributed by atoms with Crippen molar-refractivity contribution in [2.75, 3.05) is 13.1 Å². The monoisotopic (exact) mass is 427 g/mol. The molecule has 2 atom stereocenters. The summed E-state index contributed by atoms with van der Waals surface area (Å²) in [6.45, 7) is 8.08. The van der Waals surface area contributed by atoms with E-state index in [9.17, 15) is 4.79 Å². The summed E-state index contributed by atoms with van der Waals surface area (Å²) < 4.78 is 6.41. The van der Waals surface area contributed by atoms with Crippen LogP contribution in [0.25, 0.3) is 0 Å². The second kappa shape index (κ2) is 10.1. The second-order valence-electron chi connectivity index (χ2n) is 8.96. The number of hydrogen-bond acceptors (Lipinski definition) is 3. The third kappa shape index (κ3) is 4.94. The standard InChI is InChI=1S/C29H33NO2/c1-21-19-22(2)26(23(3)20-21)29(31)32-28(25-15-9-5-10-16-25)27(24-13-7-4-8-14-24)30-17-11-6-12-18-30/h4-5,7-10,13-16,19-20,27-28H,6,11-12,17-18H2,1-3H3. The highest BCUT2D eigenvalue weighted by molar-refractivity contribution is 5.93. The Morgan fingerprint density at radius 1 is 0.781 bits per heavy atom. The number of nitrogens with zero attached hydrogens (tertiary/aromatic N) is 1. The minimum absolute atomic E-state index is 0.0195. The smallest absolute Gasteiger partial charge is 0.339 e. The quantitative estimate of drug-likeness (QED) is 0.408. The van der Waals surface area contributed by atoms with Gasteiger partial charge in [0.05, 0.1) is 11.6 Å². The van der Waals surface area contributed by atoms with Crippen LogP contribution in [0.1, 0.15) is 69.6 Å². The molecule has 3 aromatic carbocycles. The Hall–Kier alpha value is -2.91. The van der Waals surface area contributed by atoms with Gasteiger partial charge in [-0.05, 0) is 69.0 Å². The van der Waals surface area contributed by atoms with E-state index >= 15 is 0 Å². The number of carbonyl (C=O) groups excluding carboxylic acids is 1. The van der Waals surface area contributed by atoms with Gasteiger partial charge in [-0.2, -0.15) is 0 Å². The van der Waals surface area contributed by atoms with E-state index in [-0.39, 0.29) is 18.1 Å². The van der Waals surface area contributed by atoms with Crippen molar-refractivity contribution in [2.24, 2.45) is 0 Å². The summed E-state index contributed by atoms with van der Waals surface area (Å²) in [6, 6.07) is 24.8. The predicted molar refractivity (Wildman–Crippen MR) is 130 cm³/mol. The van der Waals surface area contributed by atoms with Crippen LogP contribution < -0.4 is 0 Å². The fourth-order valence-electron chi connectivity index (χ4n) is 5.06. The van der Waals surface area contributed by atoms with E-state index in [4.69, 9.17) is 4.74 Å². The molecular weight excluding hydrogens is 394 g/mol. The van der Waals surface area contributed by atoms with Crippen LogP contribution >= 0.6 is 0 Å². The number of piperidine rings is 1. The molecule has 0 amide bonds. The molecule has 1 aliphatic heterocycles. The number of rotatable bonds is 6. The van der Waals surface area contributed by atoms with Crippen molar-refractivity contribution in [3.63, 3.8) is 0 Å². The Kier molecular flexibility index (Phi) is 7.06. The molecule has 3 heteroatoms. The van der Waals surface area contributed by atoms with Gasteiger partial charge in [-0.3, -0.25) is 4.90 Å². The minimum atomic E-state index is -0.385. The van der Waals surface area contributed by atoms with Gasteiger partial charge in [0.1, 0.15) is 6.10 Å². The Bertz CT molecular complexity index is 1020. The summed E-state index contributed by atoms with van der Waals surface area (Å²) in [5, 5.41) is 0. The van der Waals surface area contributed by atoms with Crippen molar-refractivity contribution in [1.29, 1.82) is 0 Å². The molecule has 3 aromatic rings. The van der Waals surface area contributed by atoms with Gasteiger partial charge in [0.25, 0.3) is 0 Å². The second-order valence-corrected chi connectivity index (χ2v) is 8.96. The van der Waals surface area contributed by atoms with Crippen LogP contribution in [-0.2, 0) is 4.74 Å². The van der Waals surface area contributed by atoms with Gasteiger partial charge in [-0.25, -0.2) is 4.79 Å². The van der Waals surface area contributed by atoms with Crippen molar-refractivity contribution in [3.05, 3.63) is 106 Å². The zero-order valence-electron chi connectivity index (χ0n) is 19.4. The molecule has 166 valence electrons. The lowest BCUT2D eigenvalue weighted by Crippen LogP contribution is -2.38. The third-order valence-electron chi connectivity index (χ3n) is 6.46. The Morgan fingerprint density at radius 2 is 1.31 bits per heavy atom. The number of ether oxygens (including phenoxy) is 1. The molecule has 1 aliphatic rings. The first kappa shape index (κ1) is 22.3. The number of likely N-dealkylation sites (tertiary alicyclic amines) is 1. The molecule has 1 saturated heterocycles. The molecule has 0 spiro atoms. The molecule has 3 nitrogen and oxygen atoms in total. The Balaban J connectivity index is 1.76. The third-order valence-corrected chi connectivity index (χ3v) is 6.46. The molecule has 1 heterocycles. The lowest BCUT2D eigenvalue weighted by molar-refractivity contribution is -0.00850. The molecule has 0 N–H and O–H groups in total. The van der Waals surface area contributed by atoms with E-state index in [1.54, 1.807) is 0 Å². The van der Waals surface area contributed by atoms with E-state index in [0.717, 1.165) is 35.3 Å². The van der Waals surface area contributed by atoms with Crippen LogP contribution in [0.4, 0.5) is 0 Å². The minimum Gasteiger partial charge on any atom is -0.452 e. The molecule has 2 unspecified atom stereocenters. The van der Waals surface area contributed by atoms with Crippen LogP contribution in [0, 0.1) is 20.8 Å². The first-order valence-electron chi connectivity index (χ1n) is 11.7. The van der Waals surface area contributed by atoms with Crippen LogP contribution in [0.3, 0.4) is 0 Å². The van der Waals surface area contributed by atoms with Gasteiger partial charge in [0, 0.05) is 0 Å². The van der Waals surface area contributed by atoms with Gasteiger partial charge >= 0.3 is 5.97 Å². The largest absolute Gasteiger partial charge is 0.452 e. The highest BCUT2D eigenvalue weighted by atomic mass is 16.5. The molecule has 32 heavy (non-hydrogen) atoms. The van der Waals surface area contributed by atoms with E-state index in [1.165, 1.54) is 24.8 Å². The summed E-state index contributed by atoms with van der Waals surface area (Å²) in [6.07, 6.45) is 3.23. The molecule has 0 aliphatic carbocycles. The molecule has 1 fully saturated rings. The summed E-state index contributed by atoms with van der Waals surface area (Å²) in [5.74, 6) is -0.244. The zero-order chi connectivity index (χ0) is 22.5. The van der Waals surface area contributed by atoms with Crippen molar-refractivity contribution < 1.29 is 9.53 Å². The first-order chi connectivity index (χ1) is 15.5. The maximum atomic E-state index is 13.6. The molecular formula is C29H33NO2. The summed E-state index contributed by atoms with van der Waals surface area (Å²) in [7, 11) is 0. The summed E-state index contributed by atoms with van der Waals surface area (Å²) >= 11 is 0. The van der Waals surface area contributed by atoms with Gasteiger partial charge in [0.2, 0.25) is 0 Å². The van der Waals surface area contributed by atoms with Gasteiger partial charge < -0.3 is 4.74 Å². The highest BCUT2D eigenvalue weighted by Crippen LogP contribution is 2.39. The van der Waals surface area contributed by atoms with E-state index in [2.05, 4.69) is 60.4 Å². The van der Waals surface area contributed by atoms with Crippen molar-refractivity contribution in [2.45, 2.75) is 52.2 Å².